The molecule has 0 amide bonds. The lowest BCUT2D eigenvalue weighted by atomic mass is 9.79. The van der Waals surface area contributed by atoms with Crippen LogP contribution in [0, 0.1) is 11.8 Å². The summed E-state index contributed by atoms with van der Waals surface area (Å²) < 4.78 is 0. The quantitative estimate of drug-likeness (QED) is 0.489. The van der Waals surface area contributed by atoms with Crippen LogP contribution in [0.1, 0.15) is 111 Å². The highest BCUT2D eigenvalue weighted by Gasteiger charge is 2.50. The van der Waals surface area contributed by atoms with E-state index in [-0.39, 0.29) is 0 Å². The Labute approximate surface area is 145 Å². The van der Waals surface area contributed by atoms with Crippen molar-refractivity contribution in [2.45, 2.75) is 128 Å². The molecule has 3 aliphatic rings. The predicted octanol–water partition coefficient (Wildman–Crippen LogP) is 6.56. The fraction of sp³-hybridized carbons (Fsp3) is 1.00. The van der Waals surface area contributed by atoms with Gasteiger partial charge in [-0.25, -0.2) is 0 Å². The summed E-state index contributed by atoms with van der Waals surface area (Å²) in [5.41, 5.74) is 0.352. The van der Waals surface area contributed by atoms with Gasteiger partial charge in [-0.05, 0) is 58.3 Å². The Bertz CT molecular complexity index is 327. The molecule has 3 rings (SSSR count). The second-order valence-electron chi connectivity index (χ2n) is 9.73. The topological polar surface area (TPSA) is 3.24 Å². The smallest absolute Gasteiger partial charge is 0.0135 e. The van der Waals surface area contributed by atoms with Gasteiger partial charge in [-0.2, -0.15) is 0 Å². The van der Waals surface area contributed by atoms with Gasteiger partial charge in [-0.3, -0.25) is 4.90 Å². The van der Waals surface area contributed by atoms with Crippen LogP contribution in [0.4, 0.5) is 0 Å². The summed E-state index contributed by atoms with van der Waals surface area (Å²) in [6, 6.07) is 1.78. The van der Waals surface area contributed by atoms with E-state index in [1.54, 1.807) is 0 Å². The Kier molecular flexibility index (Phi) is 6.10. The molecular weight excluding hydrogens is 278 g/mol. The molecule has 1 heteroatoms. The third kappa shape index (κ3) is 4.14. The van der Waals surface area contributed by atoms with Crippen molar-refractivity contribution in [1.82, 2.24) is 4.90 Å². The maximum Gasteiger partial charge on any atom is 0.0135 e. The van der Waals surface area contributed by atoms with Crippen molar-refractivity contribution in [2.24, 2.45) is 11.8 Å². The van der Waals surface area contributed by atoms with Crippen molar-refractivity contribution in [3.05, 3.63) is 0 Å². The first-order valence-corrected chi connectivity index (χ1v) is 10.9. The van der Waals surface area contributed by atoms with E-state index in [4.69, 9.17) is 0 Å². The lowest BCUT2D eigenvalue weighted by Gasteiger charge is -2.43. The van der Waals surface area contributed by atoms with Crippen LogP contribution in [-0.4, -0.2) is 22.5 Å². The van der Waals surface area contributed by atoms with Gasteiger partial charge in [-0.15, -0.1) is 0 Å². The summed E-state index contributed by atoms with van der Waals surface area (Å²) in [6.07, 6.45) is 20.9. The van der Waals surface area contributed by atoms with Crippen molar-refractivity contribution in [1.29, 1.82) is 0 Å². The van der Waals surface area contributed by atoms with Crippen LogP contribution in [0.25, 0.3) is 0 Å². The SMILES string of the molecule is CC(C)(C)N1C2CCCCCCCC2C2CCCCCCCC21. The van der Waals surface area contributed by atoms with Crippen molar-refractivity contribution in [3.63, 3.8) is 0 Å². The van der Waals surface area contributed by atoms with E-state index < -0.39 is 0 Å². The average Bonchev–Trinajstić information content (AvgIpc) is 2.86. The first-order valence-electron chi connectivity index (χ1n) is 10.9. The molecule has 4 atom stereocenters. The summed E-state index contributed by atoms with van der Waals surface area (Å²) in [5.74, 6) is 2.02. The first kappa shape index (κ1) is 17.8. The highest BCUT2D eigenvalue weighted by Crippen LogP contribution is 2.48. The molecule has 23 heavy (non-hydrogen) atoms. The summed E-state index contributed by atoms with van der Waals surface area (Å²) in [7, 11) is 0. The second-order valence-corrected chi connectivity index (χ2v) is 9.73. The summed E-state index contributed by atoms with van der Waals surface area (Å²) in [4.78, 5) is 3.04. The molecule has 0 radical (unpaired) electrons. The minimum Gasteiger partial charge on any atom is -0.292 e. The van der Waals surface area contributed by atoms with Gasteiger partial charge in [0, 0.05) is 17.6 Å². The van der Waals surface area contributed by atoms with Gasteiger partial charge in [0.15, 0.2) is 0 Å². The fourth-order valence-corrected chi connectivity index (χ4v) is 6.27. The molecule has 0 aromatic carbocycles. The number of likely N-dealkylation sites (tertiary alicyclic amines) is 1. The monoisotopic (exact) mass is 319 g/mol. The van der Waals surface area contributed by atoms with Gasteiger partial charge in [0.1, 0.15) is 0 Å². The van der Waals surface area contributed by atoms with Gasteiger partial charge < -0.3 is 0 Å². The van der Waals surface area contributed by atoms with Crippen LogP contribution in [0.15, 0.2) is 0 Å². The van der Waals surface area contributed by atoms with Crippen LogP contribution in [0.3, 0.4) is 0 Å². The highest BCUT2D eigenvalue weighted by atomic mass is 15.3. The molecule has 1 aliphatic heterocycles. The molecule has 3 fully saturated rings. The van der Waals surface area contributed by atoms with Crippen LogP contribution in [-0.2, 0) is 0 Å². The van der Waals surface area contributed by atoms with E-state index in [2.05, 4.69) is 25.7 Å². The zero-order valence-electron chi connectivity index (χ0n) is 16.2. The van der Waals surface area contributed by atoms with Gasteiger partial charge in [0.05, 0.1) is 0 Å². The third-order valence-electron chi connectivity index (χ3n) is 7.10. The lowest BCUT2D eigenvalue weighted by Crippen LogP contribution is -2.50. The molecule has 0 aromatic rings. The van der Waals surface area contributed by atoms with E-state index in [1.807, 2.05) is 0 Å². The molecule has 1 nitrogen and oxygen atoms in total. The maximum atomic E-state index is 3.04. The Morgan fingerprint density at radius 3 is 1.26 bits per heavy atom. The molecule has 0 aromatic heterocycles. The highest BCUT2D eigenvalue weighted by molar-refractivity contribution is 5.04. The van der Waals surface area contributed by atoms with Gasteiger partial charge >= 0.3 is 0 Å². The largest absolute Gasteiger partial charge is 0.292 e. The molecule has 134 valence electrons. The molecule has 2 saturated carbocycles. The van der Waals surface area contributed by atoms with Crippen LogP contribution >= 0.6 is 0 Å². The Hall–Kier alpha value is -0.0400. The van der Waals surface area contributed by atoms with E-state index in [9.17, 15) is 0 Å². The number of fused-ring (bicyclic) bond motifs is 3. The van der Waals surface area contributed by atoms with Crippen molar-refractivity contribution >= 4 is 0 Å². The molecule has 4 unspecified atom stereocenters. The summed E-state index contributed by atoms with van der Waals surface area (Å²) in [5, 5.41) is 0. The Morgan fingerprint density at radius 1 is 0.522 bits per heavy atom. The molecular formula is C22H41N. The first-order chi connectivity index (χ1) is 11.1. The molecule has 1 heterocycles. The van der Waals surface area contributed by atoms with Gasteiger partial charge in [0.2, 0.25) is 0 Å². The van der Waals surface area contributed by atoms with Crippen molar-refractivity contribution in [3.8, 4) is 0 Å². The number of nitrogens with zero attached hydrogens (tertiary/aromatic N) is 1. The number of hydrogen-bond donors (Lipinski definition) is 0. The Morgan fingerprint density at radius 2 is 0.870 bits per heavy atom. The number of hydrogen-bond acceptors (Lipinski definition) is 1. The molecule has 0 spiro atoms. The Balaban J connectivity index is 1.87. The summed E-state index contributed by atoms with van der Waals surface area (Å²) >= 11 is 0. The fourth-order valence-electron chi connectivity index (χ4n) is 6.27. The van der Waals surface area contributed by atoms with Crippen LogP contribution < -0.4 is 0 Å². The molecule has 0 bridgehead atoms. The average molecular weight is 320 g/mol. The van der Waals surface area contributed by atoms with E-state index in [0.29, 0.717) is 5.54 Å². The maximum absolute atomic E-state index is 3.04. The number of rotatable bonds is 0. The molecule has 2 aliphatic carbocycles. The minimum atomic E-state index is 0.352. The lowest BCUT2D eigenvalue weighted by molar-refractivity contribution is 0.0533. The second kappa shape index (κ2) is 7.89. The minimum absolute atomic E-state index is 0.352. The normalized spacial score (nSPS) is 38.2. The van der Waals surface area contributed by atoms with Gasteiger partial charge in [-0.1, -0.05) is 64.2 Å². The zero-order chi connectivity index (χ0) is 16.3. The predicted molar refractivity (Wildman–Crippen MR) is 101 cm³/mol. The van der Waals surface area contributed by atoms with E-state index >= 15 is 0 Å². The third-order valence-corrected chi connectivity index (χ3v) is 7.10. The van der Waals surface area contributed by atoms with Crippen molar-refractivity contribution < 1.29 is 0 Å². The van der Waals surface area contributed by atoms with Crippen LogP contribution in [0.5, 0.6) is 0 Å². The molecule has 0 N–H and O–H groups in total. The van der Waals surface area contributed by atoms with E-state index in [1.165, 1.54) is 89.9 Å². The van der Waals surface area contributed by atoms with Crippen LogP contribution in [0.2, 0.25) is 0 Å². The van der Waals surface area contributed by atoms with Crippen molar-refractivity contribution in [2.75, 3.05) is 0 Å². The van der Waals surface area contributed by atoms with E-state index in [0.717, 1.165) is 23.9 Å². The summed E-state index contributed by atoms with van der Waals surface area (Å²) in [6.45, 7) is 7.48. The molecule has 1 saturated heterocycles. The van der Waals surface area contributed by atoms with Gasteiger partial charge in [0.25, 0.3) is 0 Å². The zero-order valence-corrected chi connectivity index (χ0v) is 16.2. The standard InChI is InChI=1S/C22H41N/c1-22(2,3)23-20-16-12-8-4-6-10-14-18(20)19-15-11-7-5-9-13-17-21(19)23/h18-21H,4-17H2,1-3H3.